The summed E-state index contributed by atoms with van der Waals surface area (Å²) < 4.78 is 11.4. The minimum atomic E-state index is 0.158. The lowest BCUT2D eigenvalue weighted by Gasteiger charge is -2.32. The molecule has 0 N–H and O–H groups in total. The van der Waals surface area contributed by atoms with Gasteiger partial charge in [-0.3, -0.25) is 4.79 Å². The second kappa shape index (κ2) is 9.65. The summed E-state index contributed by atoms with van der Waals surface area (Å²) in [5.41, 5.74) is 2.87. The average molecular weight is 412 g/mol. The Balaban J connectivity index is 1.70. The van der Waals surface area contributed by atoms with Crippen molar-refractivity contribution in [3.05, 3.63) is 35.9 Å². The topological polar surface area (TPSA) is 58.8 Å². The van der Waals surface area contributed by atoms with Crippen molar-refractivity contribution in [1.29, 1.82) is 0 Å². The Morgan fingerprint density at radius 3 is 2.57 bits per heavy atom. The Hall–Kier alpha value is -2.34. The molecule has 1 amide bonds. The zero-order chi connectivity index (χ0) is 20.9. The number of carbonyl (C=O) groups is 1. The Morgan fingerprint density at radius 2 is 1.90 bits per heavy atom. The second-order valence-corrected chi connectivity index (χ2v) is 8.49. The Morgan fingerprint density at radius 1 is 1.20 bits per heavy atom. The lowest BCUT2D eigenvalue weighted by atomic mass is 10.0. The molecule has 2 fully saturated rings. The SMILES string of the molecule is CCC(C)N(Cc1c(-c2ccccc2)noc1N1CCOCC1)C(=O)C1CCCC1. The summed E-state index contributed by atoms with van der Waals surface area (Å²) in [6.45, 7) is 7.73. The van der Waals surface area contributed by atoms with Gasteiger partial charge in [0.25, 0.3) is 0 Å². The van der Waals surface area contributed by atoms with Gasteiger partial charge in [-0.1, -0.05) is 55.3 Å². The number of rotatable bonds is 7. The van der Waals surface area contributed by atoms with Gasteiger partial charge in [0.2, 0.25) is 11.8 Å². The molecule has 2 aromatic rings. The van der Waals surface area contributed by atoms with Crippen molar-refractivity contribution < 1.29 is 14.1 Å². The fourth-order valence-electron chi connectivity index (χ4n) is 4.53. The minimum absolute atomic E-state index is 0.158. The molecule has 6 heteroatoms. The molecule has 0 bridgehead atoms. The molecular weight excluding hydrogens is 378 g/mol. The summed E-state index contributed by atoms with van der Waals surface area (Å²) in [7, 11) is 0. The van der Waals surface area contributed by atoms with Crippen LogP contribution in [0, 0.1) is 5.92 Å². The molecule has 1 aromatic carbocycles. The number of morpholine rings is 1. The van der Waals surface area contributed by atoms with E-state index in [0.29, 0.717) is 19.8 Å². The van der Waals surface area contributed by atoms with Crippen molar-refractivity contribution in [2.45, 2.75) is 58.5 Å². The summed E-state index contributed by atoms with van der Waals surface area (Å²) in [6, 6.07) is 10.3. The summed E-state index contributed by atoms with van der Waals surface area (Å²) in [5.74, 6) is 1.23. The lowest BCUT2D eigenvalue weighted by molar-refractivity contribution is -0.138. The molecular formula is C24H33N3O3. The number of anilines is 1. The first-order valence-electron chi connectivity index (χ1n) is 11.4. The van der Waals surface area contributed by atoms with Crippen molar-refractivity contribution >= 4 is 11.8 Å². The van der Waals surface area contributed by atoms with E-state index in [-0.39, 0.29) is 17.9 Å². The molecule has 4 rings (SSSR count). The predicted molar refractivity (Wildman–Crippen MR) is 117 cm³/mol. The predicted octanol–water partition coefficient (Wildman–Crippen LogP) is 4.50. The first-order chi connectivity index (χ1) is 14.7. The number of nitrogens with zero attached hydrogens (tertiary/aromatic N) is 3. The third-order valence-electron chi connectivity index (χ3n) is 6.55. The van der Waals surface area contributed by atoms with Crippen LogP contribution in [-0.2, 0) is 16.1 Å². The van der Waals surface area contributed by atoms with Crippen LogP contribution < -0.4 is 4.90 Å². The number of benzene rings is 1. The second-order valence-electron chi connectivity index (χ2n) is 8.49. The average Bonchev–Trinajstić information content (AvgIpc) is 3.48. The summed E-state index contributed by atoms with van der Waals surface area (Å²) >= 11 is 0. The number of aromatic nitrogens is 1. The molecule has 2 heterocycles. The van der Waals surface area contributed by atoms with Gasteiger partial charge in [-0.15, -0.1) is 0 Å². The van der Waals surface area contributed by atoms with Crippen LogP contribution in [0.1, 0.15) is 51.5 Å². The third-order valence-corrected chi connectivity index (χ3v) is 6.55. The van der Waals surface area contributed by atoms with E-state index in [1.54, 1.807) is 0 Å². The van der Waals surface area contributed by atoms with Crippen LogP contribution >= 0.6 is 0 Å². The maximum absolute atomic E-state index is 13.4. The number of hydrogen-bond acceptors (Lipinski definition) is 5. The highest BCUT2D eigenvalue weighted by Crippen LogP contribution is 2.35. The maximum Gasteiger partial charge on any atom is 0.233 e. The Labute approximate surface area is 179 Å². The van der Waals surface area contributed by atoms with Crippen LogP contribution in [0.4, 0.5) is 5.88 Å². The highest BCUT2D eigenvalue weighted by molar-refractivity contribution is 5.80. The van der Waals surface area contributed by atoms with E-state index < -0.39 is 0 Å². The van der Waals surface area contributed by atoms with Gasteiger partial charge >= 0.3 is 0 Å². The quantitative estimate of drug-likeness (QED) is 0.672. The van der Waals surface area contributed by atoms with Crippen LogP contribution in [0.15, 0.2) is 34.9 Å². The number of amides is 1. The molecule has 0 spiro atoms. The van der Waals surface area contributed by atoms with Crippen LogP contribution in [0.5, 0.6) is 0 Å². The molecule has 1 aromatic heterocycles. The zero-order valence-corrected chi connectivity index (χ0v) is 18.2. The van der Waals surface area contributed by atoms with Crippen LogP contribution in [0.2, 0.25) is 0 Å². The van der Waals surface area contributed by atoms with Crippen molar-refractivity contribution in [2.24, 2.45) is 5.92 Å². The third kappa shape index (κ3) is 4.38. The summed E-state index contributed by atoms with van der Waals surface area (Å²) in [5, 5.41) is 4.46. The van der Waals surface area contributed by atoms with E-state index >= 15 is 0 Å². The van der Waals surface area contributed by atoms with Crippen molar-refractivity contribution in [1.82, 2.24) is 10.1 Å². The molecule has 1 unspecified atom stereocenters. The van der Waals surface area contributed by atoms with Crippen molar-refractivity contribution in [3.8, 4) is 11.3 Å². The van der Waals surface area contributed by atoms with E-state index in [4.69, 9.17) is 9.26 Å². The van der Waals surface area contributed by atoms with E-state index in [9.17, 15) is 4.79 Å². The fourth-order valence-corrected chi connectivity index (χ4v) is 4.53. The molecule has 162 valence electrons. The molecule has 1 aliphatic heterocycles. The molecule has 1 atom stereocenters. The lowest BCUT2D eigenvalue weighted by Crippen LogP contribution is -2.42. The van der Waals surface area contributed by atoms with Crippen LogP contribution in [0.3, 0.4) is 0 Å². The molecule has 1 saturated heterocycles. The summed E-state index contributed by atoms with van der Waals surface area (Å²) in [6.07, 6.45) is 5.27. The molecule has 30 heavy (non-hydrogen) atoms. The number of hydrogen-bond donors (Lipinski definition) is 0. The van der Waals surface area contributed by atoms with Gasteiger partial charge in [0.15, 0.2) is 0 Å². The Kier molecular flexibility index (Phi) is 6.72. The van der Waals surface area contributed by atoms with E-state index in [1.807, 2.05) is 18.2 Å². The van der Waals surface area contributed by atoms with E-state index in [2.05, 4.69) is 40.9 Å². The van der Waals surface area contributed by atoms with Gasteiger partial charge in [0, 0.05) is 30.6 Å². The number of ether oxygens (including phenoxy) is 1. The molecule has 1 aliphatic carbocycles. The van der Waals surface area contributed by atoms with Gasteiger partial charge < -0.3 is 19.1 Å². The fraction of sp³-hybridized carbons (Fsp3) is 0.583. The minimum Gasteiger partial charge on any atom is -0.378 e. The van der Waals surface area contributed by atoms with Crippen molar-refractivity contribution in [2.75, 3.05) is 31.2 Å². The van der Waals surface area contributed by atoms with Crippen molar-refractivity contribution in [3.63, 3.8) is 0 Å². The zero-order valence-electron chi connectivity index (χ0n) is 18.2. The number of carbonyl (C=O) groups excluding carboxylic acids is 1. The first kappa shape index (κ1) is 20.9. The normalized spacial score (nSPS) is 18.5. The van der Waals surface area contributed by atoms with Gasteiger partial charge in [0.05, 0.1) is 25.3 Å². The van der Waals surface area contributed by atoms with Gasteiger partial charge in [-0.05, 0) is 26.2 Å². The largest absolute Gasteiger partial charge is 0.378 e. The standard InChI is InChI=1S/C24H33N3O3/c1-3-18(2)27(23(28)20-11-7-8-12-20)17-21-22(19-9-5-4-6-10-19)25-30-24(21)26-13-15-29-16-14-26/h4-6,9-10,18,20H,3,7-8,11-17H2,1-2H3. The summed E-state index contributed by atoms with van der Waals surface area (Å²) in [4.78, 5) is 17.7. The molecule has 0 radical (unpaired) electrons. The van der Waals surface area contributed by atoms with E-state index in [1.165, 1.54) is 0 Å². The smallest absolute Gasteiger partial charge is 0.233 e. The maximum atomic E-state index is 13.4. The van der Waals surface area contributed by atoms with Gasteiger partial charge in [0.1, 0.15) is 5.69 Å². The Bertz CT molecular complexity index is 823. The molecule has 1 saturated carbocycles. The van der Waals surface area contributed by atoms with Gasteiger partial charge in [-0.25, -0.2) is 0 Å². The van der Waals surface area contributed by atoms with E-state index in [0.717, 1.165) is 67.9 Å². The highest BCUT2D eigenvalue weighted by Gasteiger charge is 2.33. The molecule has 6 nitrogen and oxygen atoms in total. The van der Waals surface area contributed by atoms with Crippen LogP contribution in [0.25, 0.3) is 11.3 Å². The highest BCUT2D eigenvalue weighted by atomic mass is 16.5. The van der Waals surface area contributed by atoms with Gasteiger partial charge in [-0.2, -0.15) is 0 Å². The molecule has 2 aliphatic rings. The van der Waals surface area contributed by atoms with Crippen LogP contribution in [-0.4, -0.2) is 48.3 Å². The monoisotopic (exact) mass is 411 g/mol. The first-order valence-corrected chi connectivity index (χ1v) is 11.4.